The van der Waals surface area contributed by atoms with Crippen molar-refractivity contribution >= 4 is 31.6 Å². The number of nitrogens with zero attached hydrogens (tertiary/aromatic N) is 5. The van der Waals surface area contributed by atoms with Crippen molar-refractivity contribution in [1.82, 2.24) is 23.8 Å². The average molecular weight is 442 g/mol. The fraction of sp³-hybridized carbons (Fsp3) is 0.200. The normalized spacial score (nSPS) is 12.0. The predicted molar refractivity (Wildman–Crippen MR) is 116 cm³/mol. The Hall–Kier alpha value is -2.95. The van der Waals surface area contributed by atoms with E-state index < -0.39 is 10.0 Å². The molecule has 0 aliphatic rings. The zero-order valence-corrected chi connectivity index (χ0v) is 18.2. The molecule has 3 aromatic heterocycles. The van der Waals surface area contributed by atoms with Gasteiger partial charge in [0.15, 0.2) is 0 Å². The lowest BCUT2D eigenvalue weighted by molar-refractivity contribution is 0.462. The van der Waals surface area contributed by atoms with Crippen molar-refractivity contribution in [2.75, 3.05) is 7.05 Å². The molecule has 0 unspecified atom stereocenters. The molecule has 0 saturated carbocycles. The molecule has 8 nitrogen and oxygen atoms in total. The first kappa shape index (κ1) is 20.3. The zero-order chi connectivity index (χ0) is 21.5. The van der Waals surface area contributed by atoms with E-state index in [9.17, 15) is 13.2 Å². The Morgan fingerprint density at radius 1 is 1.17 bits per heavy atom. The Balaban J connectivity index is 1.71. The minimum Gasteiger partial charge on any atom is -0.302 e. The third-order valence-electron chi connectivity index (χ3n) is 4.82. The van der Waals surface area contributed by atoms with Crippen LogP contribution in [0, 0.1) is 6.92 Å². The topological polar surface area (TPSA) is 98.0 Å². The van der Waals surface area contributed by atoms with Gasteiger partial charge in [0.1, 0.15) is 5.82 Å². The lowest BCUT2D eigenvalue weighted by Crippen LogP contribution is -2.27. The van der Waals surface area contributed by atoms with Gasteiger partial charge in [0, 0.05) is 38.2 Å². The van der Waals surface area contributed by atoms with E-state index in [0.717, 1.165) is 22.5 Å². The first-order chi connectivity index (χ1) is 14.3. The Labute approximate surface area is 177 Å². The van der Waals surface area contributed by atoms with Crippen LogP contribution in [0.3, 0.4) is 0 Å². The van der Waals surface area contributed by atoms with E-state index in [-0.39, 0.29) is 16.3 Å². The number of benzene rings is 1. The molecule has 0 aliphatic carbocycles. The molecule has 0 fully saturated rings. The third-order valence-corrected chi connectivity index (χ3v) is 7.62. The number of rotatable bonds is 5. The smallest absolute Gasteiger partial charge is 0.302 e. The predicted octanol–water partition coefficient (Wildman–Crippen LogP) is 2.58. The summed E-state index contributed by atoms with van der Waals surface area (Å²) in [6.07, 6.45) is 5.03. The van der Waals surface area contributed by atoms with Gasteiger partial charge in [-0.3, -0.25) is 9.78 Å². The Bertz CT molecular complexity index is 1400. The fourth-order valence-corrected chi connectivity index (χ4v) is 5.31. The van der Waals surface area contributed by atoms with Crippen LogP contribution in [0.4, 0.5) is 0 Å². The summed E-state index contributed by atoms with van der Waals surface area (Å²) in [7, 11) is -0.607. The van der Waals surface area contributed by atoms with E-state index >= 15 is 0 Å². The van der Waals surface area contributed by atoms with Crippen LogP contribution in [0.15, 0.2) is 58.6 Å². The van der Waals surface area contributed by atoms with Crippen molar-refractivity contribution in [2.45, 2.75) is 18.4 Å². The van der Waals surface area contributed by atoms with Crippen molar-refractivity contribution < 1.29 is 8.42 Å². The molecule has 0 N–H and O–H groups in total. The van der Waals surface area contributed by atoms with Crippen molar-refractivity contribution in [3.05, 3.63) is 70.1 Å². The highest BCUT2D eigenvalue weighted by Gasteiger charge is 2.24. The number of sulfonamides is 1. The average Bonchev–Trinajstić information content (AvgIpc) is 3.02. The van der Waals surface area contributed by atoms with Crippen LogP contribution in [0.5, 0.6) is 0 Å². The number of aromatic nitrogens is 4. The van der Waals surface area contributed by atoms with Gasteiger partial charge < -0.3 is 4.57 Å². The number of hydrogen-bond donors (Lipinski definition) is 0. The van der Waals surface area contributed by atoms with Crippen molar-refractivity contribution in [1.29, 1.82) is 0 Å². The highest BCUT2D eigenvalue weighted by molar-refractivity contribution is 7.89. The first-order valence-corrected chi connectivity index (χ1v) is 11.3. The van der Waals surface area contributed by atoms with E-state index in [0.29, 0.717) is 21.7 Å². The number of hydrogen-bond acceptors (Lipinski definition) is 7. The lowest BCUT2D eigenvalue weighted by atomic mass is 10.1. The zero-order valence-electron chi connectivity index (χ0n) is 16.6. The van der Waals surface area contributed by atoms with E-state index in [4.69, 9.17) is 0 Å². The van der Waals surface area contributed by atoms with Gasteiger partial charge in [0.25, 0.3) is 0 Å². The van der Waals surface area contributed by atoms with Crippen LogP contribution in [-0.2, 0) is 23.6 Å². The van der Waals surface area contributed by atoms with E-state index in [1.165, 1.54) is 22.0 Å². The molecule has 0 radical (unpaired) electrons. The van der Waals surface area contributed by atoms with Gasteiger partial charge in [0.2, 0.25) is 10.0 Å². The first-order valence-electron chi connectivity index (χ1n) is 9.06. The summed E-state index contributed by atoms with van der Waals surface area (Å²) in [5, 5.41) is 0. The van der Waals surface area contributed by atoms with Crippen molar-refractivity contribution in [2.24, 2.45) is 7.05 Å². The molecule has 0 bridgehead atoms. The molecule has 3 heterocycles. The molecule has 154 valence electrons. The molecule has 0 saturated heterocycles. The van der Waals surface area contributed by atoms with Crippen LogP contribution in [-0.4, -0.2) is 39.3 Å². The monoisotopic (exact) mass is 441 g/mol. The summed E-state index contributed by atoms with van der Waals surface area (Å²) in [5.41, 5.74) is 2.92. The van der Waals surface area contributed by atoms with Gasteiger partial charge in [0.05, 0.1) is 27.4 Å². The molecule has 10 heteroatoms. The molecular formula is C20H19N5O3S2. The third kappa shape index (κ3) is 3.64. The minimum absolute atomic E-state index is 0.0758. The van der Waals surface area contributed by atoms with Crippen molar-refractivity contribution in [3.63, 3.8) is 0 Å². The molecule has 4 rings (SSSR count). The summed E-state index contributed by atoms with van der Waals surface area (Å²) in [6.45, 7) is 1.84. The van der Waals surface area contributed by atoms with Crippen LogP contribution in [0.25, 0.3) is 21.3 Å². The Morgan fingerprint density at radius 3 is 2.63 bits per heavy atom. The maximum atomic E-state index is 13.2. The fourth-order valence-electron chi connectivity index (χ4n) is 3.16. The quantitative estimate of drug-likeness (QED) is 0.472. The van der Waals surface area contributed by atoms with Crippen LogP contribution in [0.2, 0.25) is 0 Å². The van der Waals surface area contributed by atoms with Gasteiger partial charge >= 0.3 is 4.87 Å². The SMILES string of the molecule is Cc1ncc(-c2ccncc2)c(CN(C)S(=O)(=O)c2ccc3c(c2)sc(=O)n3C)n1. The number of fused-ring (bicyclic) bond motifs is 1. The molecular weight excluding hydrogens is 422 g/mol. The summed E-state index contributed by atoms with van der Waals surface area (Å²) in [6, 6.07) is 8.39. The van der Waals surface area contributed by atoms with E-state index in [1.54, 1.807) is 44.7 Å². The van der Waals surface area contributed by atoms with Gasteiger partial charge in [-0.25, -0.2) is 18.4 Å². The lowest BCUT2D eigenvalue weighted by Gasteiger charge is -2.19. The van der Waals surface area contributed by atoms with Crippen molar-refractivity contribution in [3.8, 4) is 11.1 Å². The van der Waals surface area contributed by atoms with Crippen LogP contribution < -0.4 is 4.87 Å². The molecule has 0 amide bonds. The highest BCUT2D eigenvalue weighted by Crippen LogP contribution is 2.26. The Kier molecular flexibility index (Phi) is 5.22. The van der Waals surface area contributed by atoms with Gasteiger partial charge in [-0.15, -0.1) is 0 Å². The maximum Gasteiger partial charge on any atom is 0.307 e. The van der Waals surface area contributed by atoms with E-state index in [2.05, 4.69) is 15.0 Å². The summed E-state index contributed by atoms with van der Waals surface area (Å²) < 4.78 is 29.8. The van der Waals surface area contributed by atoms with Crippen LogP contribution >= 0.6 is 11.3 Å². The summed E-state index contributed by atoms with van der Waals surface area (Å²) in [4.78, 5) is 24.6. The van der Waals surface area contributed by atoms with Gasteiger partial charge in [-0.1, -0.05) is 11.3 Å². The van der Waals surface area contributed by atoms with Gasteiger partial charge in [-0.05, 0) is 42.8 Å². The van der Waals surface area contributed by atoms with E-state index in [1.807, 2.05) is 12.1 Å². The maximum absolute atomic E-state index is 13.2. The molecule has 0 aliphatic heterocycles. The summed E-state index contributed by atoms with van der Waals surface area (Å²) >= 11 is 1.02. The number of pyridine rings is 1. The number of thiazole rings is 1. The molecule has 4 aromatic rings. The molecule has 0 atom stereocenters. The highest BCUT2D eigenvalue weighted by atomic mass is 32.2. The second kappa shape index (κ2) is 7.71. The van der Waals surface area contributed by atoms with Crippen LogP contribution in [0.1, 0.15) is 11.5 Å². The largest absolute Gasteiger partial charge is 0.307 e. The molecule has 0 spiro atoms. The molecule has 1 aromatic carbocycles. The van der Waals surface area contributed by atoms with Gasteiger partial charge in [-0.2, -0.15) is 4.31 Å². The standard InChI is InChI=1S/C20H19N5O3S2/c1-13-22-11-16(14-6-8-21-9-7-14)17(23-13)12-24(2)30(27,28)15-4-5-18-19(10-15)29-20(26)25(18)3/h4-11H,12H2,1-3H3. The summed E-state index contributed by atoms with van der Waals surface area (Å²) in [5.74, 6) is 0.559. The second-order valence-corrected chi connectivity index (χ2v) is 9.87. The molecule has 30 heavy (non-hydrogen) atoms. The Morgan fingerprint density at radius 2 is 1.90 bits per heavy atom. The number of aryl methyl sites for hydroxylation is 2. The minimum atomic E-state index is -3.79. The second-order valence-electron chi connectivity index (χ2n) is 6.83.